The molecule has 2 aromatic rings. The van der Waals surface area contributed by atoms with Crippen LogP contribution < -0.4 is 24.4 Å². The SMILES string of the molecule is COc1c(Br)c(C[C@@H]2CC(C(=O)N/N=C/c3cccnc3)=NO2)c(OC)c2c1OCO2. The average molecular weight is 491 g/mol. The summed E-state index contributed by atoms with van der Waals surface area (Å²) in [6, 6.07) is 3.60. The number of rotatable bonds is 7. The van der Waals surface area contributed by atoms with Crippen molar-refractivity contribution in [3.63, 3.8) is 0 Å². The van der Waals surface area contributed by atoms with Crippen LogP contribution in [0.2, 0.25) is 0 Å². The van der Waals surface area contributed by atoms with Crippen molar-refractivity contribution < 1.29 is 28.6 Å². The van der Waals surface area contributed by atoms with E-state index < -0.39 is 5.91 Å². The quantitative estimate of drug-likeness (QED) is 0.468. The molecule has 0 radical (unpaired) electrons. The highest BCUT2D eigenvalue weighted by atomic mass is 79.9. The van der Waals surface area contributed by atoms with Gasteiger partial charge in [0, 0.05) is 36.4 Å². The summed E-state index contributed by atoms with van der Waals surface area (Å²) in [5.41, 5.74) is 4.22. The van der Waals surface area contributed by atoms with E-state index in [9.17, 15) is 4.79 Å². The highest BCUT2D eigenvalue weighted by Crippen LogP contribution is 2.54. The van der Waals surface area contributed by atoms with Crippen molar-refractivity contribution in [2.24, 2.45) is 10.3 Å². The molecule has 1 aromatic carbocycles. The molecule has 11 heteroatoms. The van der Waals surface area contributed by atoms with Gasteiger partial charge in [-0.2, -0.15) is 5.10 Å². The Morgan fingerprint density at radius 3 is 2.81 bits per heavy atom. The molecule has 0 unspecified atom stereocenters. The second kappa shape index (κ2) is 9.21. The predicted molar refractivity (Wildman–Crippen MR) is 114 cm³/mol. The topological polar surface area (TPSA) is 113 Å². The molecule has 2 aliphatic rings. The molecule has 2 aliphatic heterocycles. The van der Waals surface area contributed by atoms with E-state index in [-0.39, 0.29) is 18.6 Å². The molecule has 10 nitrogen and oxygen atoms in total. The number of carbonyl (C=O) groups excluding carboxylic acids is 1. The Hall–Kier alpha value is -3.34. The molecule has 0 saturated heterocycles. The summed E-state index contributed by atoms with van der Waals surface area (Å²) < 4.78 is 22.8. The number of hydrogen-bond acceptors (Lipinski definition) is 9. The first-order valence-electron chi connectivity index (χ1n) is 9.30. The van der Waals surface area contributed by atoms with E-state index in [0.29, 0.717) is 40.3 Å². The lowest BCUT2D eigenvalue weighted by Crippen LogP contribution is -2.27. The number of amides is 1. The van der Waals surface area contributed by atoms with Crippen molar-refractivity contribution in [1.82, 2.24) is 10.4 Å². The second-order valence-corrected chi connectivity index (χ2v) is 7.38. The van der Waals surface area contributed by atoms with Crippen LogP contribution in [0.4, 0.5) is 0 Å². The van der Waals surface area contributed by atoms with Gasteiger partial charge in [-0.25, -0.2) is 5.43 Å². The van der Waals surface area contributed by atoms with Gasteiger partial charge >= 0.3 is 0 Å². The zero-order valence-corrected chi connectivity index (χ0v) is 18.3. The van der Waals surface area contributed by atoms with E-state index in [1.807, 2.05) is 6.07 Å². The Balaban J connectivity index is 1.43. The third-order valence-electron chi connectivity index (χ3n) is 4.66. The van der Waals surface area contributed by atoms with Gasteiger partial charge in [0.1, 0.15) is 11.8 Å². The Morgan fingerprint density at radius 2 is 2.10 bits per heavy atom. The largest absolute Gasteiger partial charge is 0.492 e. The molecule has 1 aromatic heterocycles. The summed E-state index contributed by atoms with van der Waals surface area (Å²) in [7, 11) is 3.09. The van der Waals surface area contributed by atoms with Gasteiger partial charge < -0.3 is 23.8 Å². The molecular formula is C20H19BrN4O6. The molecule has 3 heterocycles. The smallest absolute Gasteiger partial charge is 0.289 e. The Morgan fingerprint density at radius 1 is 1.32 bits per heavy atom. The lowest BCUT2D eigenvalue weighted by molar-refractivity contribution is -0.114. The number of nitrogens with one attached hydrogen (secondary N) is 1. The van der Waals surface area contributed by atoms with E-state index in [1.54, 1.807) is 32.7 Å². The predicted octanol–water partition coefficient (Wildman–Crippen LogP) is 2.43. The van der Waals surface area contributed by atoms with Crippen LogP contribution >= 0.6 is 15.9 Å². The number of fused-ring (bicyclic) bond motifs is 1. The van der Waals surface area contributed by atoms with Crippen LogP contribution in [-0.2, 0) is 16.1 Å². The van der Waals surface area contributed by atoms with Gasteiger partial charge in [0.15, 0.2) is 11.5 Å². The summed E-state index contributed by atoms with van der Waals surface area (Å²) >= 11 is 3.56. The van der Waals surface area contributed by atoms with Gasteiger partial charge in [0.25, 0.3) is 5.91 Å². The molecule has 0 aliphatic carbocycles. The molecule has 0 bridgehead atoms. The minimum Gasteiger partial charge on any atom is -0.492 e. The van der Waals surface area contributed by atoms with E-state index in [1.165, 1.54) is 6.21 Å². The summed E-state index contributed by atoms with van der Waals surface area (Å²) in [5, 5.41) is 7.84. The first kappa shape index (κ1) is 20.9. The minimum absolute atomic E-state index is 0.0743. The van der Waals surface area contributed by atoms with Crippen molar-refractivity contribution in [2.45, 2.75) is 18.9 Å². The van der Waals surface area contributed by atoms with Crippen LogP contribution in [0, 0.1) is 0 Å². The van der Waals surface area contributed by atoms with Crippen molar-refractivity contribution in [1.29, 1.82) is 0 Å². The molecule has 0 spiro atoms. The first-order valence-corrected chi connectivity index (χ1v) is 10.1. The lowest BCUT2D eigenvalue weighted by atomic mass is 10.0. The molecule has 31 heavy (non-hydrogen) atoms. The number of ether oxygens (including phenoxy) is 4. The van der Waals surface area contributed by atoms with Crippen molar-refractivity contribution >= 4 is 33.8 Å². The number of methoxy groups -OCH3 is 2. The number of aromatic nitrogens is 1. The summed E-state index contributed by atoms with van der Waals surface area (Å²) in [4.78, 5) is 21.8. The molecule has 1 atom stereocenters. The first-order chi connectivity index (χ1) is 15.1. The van der Waals surface area contributed by atoms with Gasteiger partial charge in [-0.15, -0.1) is 0 Å². The van der Waals surface area contributed by atoms with Crippen LogP contribution in [0.15, 0.2) is 39.3 Å². The van der Waals surface area contributed by atoms with Crippen LogP contribution in [0.25, 0.3) is 0 Å². The van der Waals surface area contributed by atoms with E-state index >= 15 is 0 Å². The number of oxime groups is 1. The fourth-order valence-corrected chi connectivity index (χ4v) is 3.94. The average Bonchev–Trinajstić information content (AvgIpc) is 3.45. The number of benzene rings is 1. The molecule has 0 fully saturated rings. The zero-order chi connectivity index (χ0) is 21.8. The number of halogens is 1. The molecule has 0 saturated carbocycles. The van der Waals surface area contributed by atoms with E-state index in [0.717, 1.165) is 11.1 Å². The Labute approximate surface area is 186 Å². The van der Waals surface area contributed by atoms with Gasteiger partial charge in [0.05, 0.1) is 24.9 Å². The fourth-order valence-electron chi connectivity index (χ4n) is 3.25. The molecule has 4 rings (SSSR count). The van der Waals surface area contributed by atoms with E-state index in [2.05, 4.69) is 36.6 Å². The van der Waals surface area contributed by atoms with Gasteiger partial charge in [-0.1, -0.05) is 11.2 Å². The van der Waals surface area contributed by atoms with Crippen LogP contribution in [-0.4, -0.2) is 49.9 Å². The summed E-state index contributed by atoms with van der Waals surface area (Å²) in [6.07, 6.45) is 5.12. The fraction of sp³-hybridized carbons (Fsp3) is 0.300. The maximum absolute atomic E-state index is 12.3. The lowest BCUT2D eigenvalue weighted by Gasteiger charge is -2.18. The monoisotopic (exact) mass is 490 g/mol. The number of hydrogen-bond donors (Lipinski definition) is 1. The zero-order valence-electron chi connectivity index (χ0n) is 16.8. The molecule has 162 valence electrons. The third kappa shape index (κ3) is 4.26. The van der Waals surface area contributed by atoms with Crippen LogP contribution in [0.5, 0.6) is 23.0 Å². The number of pyridine rings is 1. The maximum Gasteiger partial charge on any atom is 0.289 e. The number of hydrazone groups is 1. The van der Waals surface area contributed by atoms with Crippen molar-refractivity contribution in [2.75, 3.05) is 21.0 Å². The van der Waals surface area contributed by atoms with Gasteiger partial charge in [-0.05, 0) is 22.0 Å². The minimum atomic E-state index is -0.433. The highest BCUT2D eigenvalue weighted by Gasteiger charge is 2.34. The van der Waals surface area contributed by atoms with Gasteiger partial charge in [-0.3, -0.25) is 9.78 Å². The van der Waals surface area contributed by atoms with E-state index in [4.69, 9.17) is 23.8 Å². The Kier molecular flexibility index (Phi) is 6.21. The third-order valence-corrected chi connectivity index (χ3v) is 5.50. The normalized spacial score (nSPS) is 16.7. The summed E-state index contributed by atoms with van der Waals surface area (Å²) in [5.74, 6) is 1.54. The van der Waals surface area contributed by atoms with Crippen molar-refractivity contribution in [3.05, 3.63) is 40.1 Å². The molecular weight excluding hydrogens is 472 g/mol. The maximum atomic E-state index is 12.3. The number of carbonyl (C=O) groups is 1. The van der Waals surface area contributed by atoms with Crippen LogP contribution in [0.1, 0.15) is 17.5 Å². The Bertz CT molecular complexity index is 1040. The van der Waals surface area contributed by atoms with Gasteiger partial charge in [0.2, 0.25) is 18.3 Å². The standard InChI is InChI=1S/C20H19BrN4O6/c1-27-16-13(15(21)17(28-2)19-18(16)29-10-30-19)6-12-7-14(25-31-12)20(26)24-23-9-11-4-3-5-22-8-11/h3-5,8-9,12H,6-7,10H2,1-2H3,(H,24,26)/b23-9+/t12-/m1/s1. The number of nitrogens with zero attached hydrogens (tertiary/aromatic N) is 3. The second-order valence-electron chi connectivity index (χ2n) is 6.58. The highest BCUT2D eigenvalue weighted by molar-refractivity contribution is 9.10. The van der Waals surface area contributed by atoms with Crippen molar-refractivity contribution in [3.8, 4) is 23.0 Å². The molecule has 1 amide bonds. The molecule has 1 N–H and O–H groups in total. The summed E-state index contributed by atoms with van der Waals surface area (Å²) in [6.45, 7) is 0.0743. The van der Waals surface area contributed by atoms with Crippen LogP contribution in [0.3, 0.4) is 0 Å².